The van der Waals surface area contributed by atoms with Gasteiger partial charge in [0.15, 0.2) is 0 Å². The number of nitrogens with zero attached hydrogens (tertiary/aromatic N) is 3. The van der Waals surface area contributed by atoms with Crippen molar-refractivity contribution in [2.45, 2.75) is 0 Å². The highest BCUT2D eigenvalue weighted by atomic mass is 16.3. The van der Waals surface area contributed by atoms with Gasteiger partial charge in [0.2, 0.25) is 0 Å². The predicted molar refractivity (Wildman–Crippen MR) is 80.5 cm³/mol. The van der Waals surface area contributed by atoms with E-state index in [-0.39, 0.29) is 11.7 Å². The highest BCUT2D eigenvalue weighted by Crippen LogP contribution is 2.27. The van der Waals surface area contributed by atoms with Crippen molar-refractivity contribution in [3.8, 4) is 5.75 Å². The third kappa shape index (κ3) is 2.81. The second kappa shape index (κ2) is 5.83. The lowest BCUT2D eigenvalue weighted by molar-refractivity contribution is 0.0746. The summed E-state index contributed by atoms with van der Waals surface area (Å²) >= 11 is 0. The largest absolute Gasteiger partial charge is 0.506 e. The van der Waals surface area contributed by atoms with Crippen molar-refractivity contribution >= 4 is 11.6 Å². The van der Waals surface area contributed by atoms with E-state index in [9.17, 15) is 9.90 Å². The van der Waals surface area contributed by atoms with Crippen LogP contribution in [0, 0.1) is 0 Å². The second-order valence-corrected chi connectivity index (χ2v) is 5.01. The molecule has 0 unspecified atom stereocenters. The van der Waals surface area contributed by atoms with Crippen molar-refractivity contribution in [3.05, 3.63) is 54.4 Å². The molecule has 1 aliphatic heterocycles. The molecule has 2 aromatic rings. The average Bonchev–Trinajstić information content (AvgIpc) is 2.56. The van der Waals surface area contributed by atoms with E-state index in [1.807, 2.05) is 17.0 Å². The van der Waals surface area contributed by atoms with Crippen LogP contribution in [0.1, 0.15) is 10.4 Å². The number of anilines is 1. The molecule has 5 heteroatoms. The van der Waals surface area contributed by atoms with Crippen molar-refractivity contribution in [3.63, 3.8) is 0 Å². The molecule has 1 aliphatic rings. The van der Waals surface area contributed by atoms with Crippen molar-refractivity contribution in [2.75, 3.05) is 31.1 Å². The first-order chi connectivity index (χ1) is 10.3. The van der Waals surface area contributed by atoms with E-state index < -0.39 is 0 Å². The lowest BCUT2D eigenvalue weighted by atomic mass is 10.2. The highest BCUT2D eigenvalue weighted by molar-refractivity contribution is 5.94. The van der Waals surface area contributed by atoms with Crippen LogP contribution in [0.4, 0.5) is 5.69 Å². The van der Waals surface area contributed by atoms with E-state index in [4.69, 9.17) is 0 Å². The van der Waals surface area contributed by atoms with E-state index in [2.05, 4.69) is 9.88 Å². The summed E-state index contributed by atoms with van der Waals surface area (Å²) < 4.78 is 0. The fraction of sp³-hybridized carbons (Fsp3) is 0.250. The molecule has 2 heterocycles. The van der Waals surface area contributed by atoms with Gasteiger partial charge in [-0.05, 0) is 24.3 Å². The zero-order chi connectivity index (χ0) is 14.7. The third-order valence-electron chi connectivity index (χ3n) is 3.70. The molecular formula is C16H17N3O2. The number of hydrogen-bond donors (Lipinski definition) is 1. The van der Waals surface area contributed by atoms with E-state index in [0.717, 1.165) is 5.69 Å². The first kappa shape index (κ1) is 13.4. The molecule has 108 valence electrons. The van der Waals surface area contributed by atoms with Crippen molar-refractivity contribution in [1.82, 2.24) is 9.88 Å². The summed E-state index contributed by atoms with van der Waals surface area (Å²) in [7, 11) is 0. The fourth-order valence-electron chi connectivity index (χ4n) is 2.55. The maximum absolute atomic E-state index is 12.3. The van der Waals surface area contributed by atoms with Gasteiger partial charge in [-0.25, -0.2) is 0 Å². The molecule has 0 radical (unpaired) electrons. The van der Waals surface area contributed by atoms with Gasteiger partial charge in [-0.15, -0.1) is 0 Å². The van der Waals surface area contributed by atoms with Gasteiger partial charge in [-0.3, -0.25) is 9.78 Å². The van der Waals surface area contributed by atoms with Crippen LogP contribution < -0.4 is 4.90 Å². The Balaban J connectivity index is 1.66. The minimum absolute atomic E-state index is 0.0139. The normalized spacial score (nSPS) is 15.0. The van der Waals surface area contributed by atoms with E-state index in [1.54, 1.807) is 36.7 Å². The van der Waals surface area contributed by atoms with Crippen LogP contribution in [0.15, 0.2) is 48.8 Å². The molecule has 1 amide bonds. The SMILES string of the molecule is O=C(c1cccnc1)N1CCN(c2ccccc2O)CC1. The van der Waals surface area contributed by atoms with Crippen molar-refractivity contribution < 1.29 is 9.90 Å². The maximum Gasteiger partial charge on any atom is 0.255 e. The summed E-state index contributed by atoms with van der Waals surface area (Å²) in [6.45, 7) is 2.71. The van der Waals surface area contributed by atoms with Crippen LogP contribution in [-0.4, -0.2) is 47.1 Å². The van der Waals surface area contributed by atoms with Crippen LogP contribution in [0.2, 0.25) is 0 Å². The second-order valence-electron chi connectivity index (χ2n) is 5.01. The van der Waals surface area contributed by atoms with Crippen molar-refractivity contribution in [1.29, 1.82) is 0 Å². The van der Waals surface area contributed by atoms with Gasteiger partial charge in [-0.2, -0.15) is 0 Å². The Kier molecular flexibility index (Phi) is 3.73. The number of aromatic nitrogens is 1. The summed E-state index contributed by atoms with van der Waals surface area (Å²) in [5, 5.41) is 9.89. The average molecular weight is 283 g/mol. The summed E-state index contributed by atoms with van der Waals surface area (Å²) in [4.78, 5) is 20.2. The molecule has 1 fully saturated rings. The molecule has 5 nitrogen and oxygen atoms in total. The van der Waals surface area contributed by atoms with Gasteiger partial charge < -0.3 is 14.9 Å². The summed E-state index contributed by atoms with van der Waals surface area (Å²) in [5.41, 5.74) is 1.44. The zero-order valence-corrected chi connectivity index (χ0v) is 11.6. The van der Waals surface area contributed by atoms with E-state index in [1.165, 1.54) is 0 Å². The number of phenols is 1. The molecule has 1 N–H and O–H groups in total. The summed E-state index contributed by atoms with van der Waals surface area (Å²) in [5.74, 6) is 0.296. The Labute approximate surface area is 123 Å². The minimum Gasteiger partial charge on any atom is -0.506 e. The number of hydrogen-bond acceptors (Lipinski definition) is 4. The molecule has 21 heavy (non-hydrogen) atoms. The van der Waals surface area contributed by atoms with Crippen LogP contribution in [-0.2, 0) is 0 Å². The van der Waals surface area contributed by atoms with Gasteiger partial charge in [-0.1, -0.05) is 12.1 Å². The van der Waals surface area contributed by atoms with Crippen LogP contribution in [0.3, 0.4) is 0 Å². The quantitative estimate of drug-likeness (QED) is 0.912. The molecular weight excluding hydrogens is 266 g/mol. The van der Waals surface area contributed by atoms with E-state index in [0.29, 0.717) is 31.7 Å². The van der Waals surface area contributed by atoms with E-state index >= 15 is 0 Å². The number of carbonyl (C=O) groups excluding carboxylic acids is 1. The lowest BCUT2D eigenvalue weighted by Crippen LogP contribution is -2.48. The molecule has 0 atom stereocenters. The van der Waals surface area contributed by atoms with Crippen LogP contribution in [0.25, 0.3) is 0 Å². The van der Waals surface area contributed by atoms with Gasteiger partial charge in [0.05, 0.1) is 11.3 Å². The monoisotopic (exact) mass is 283 g/mol. The lowest BCUT2D eigenvalue weighted by Gasteiger charge is -2.36. The first-order valence-corrected chi connectivity index (χ1v) is 6.98. The van der Waals surface area contributed by atoms with Crippen molar-refractivity contribution in [2.24, 2.45) is 0 Å². The number of rotatable bonds is 2. The molecule has 0 spiro atoms. The standard InChI is InChI=1S/C16H17N3O2/c20-15-6-2-1-5-14(15)18-8-10-19(11-9-18)16(21)13-4-3-7-17-12-13/h1-7,12,20H,8-11H2. The number of phenolic OH excluding ortho intramolecular Hbond substituents is 1. The van der Waals surface area contributed by atoms with Gasteiger partial charge in [0.1, 0.15) is 5.75 Å². The number of piperazine rings is 1. The molecule has 1 saturated heterocycles. The first-order valence-electron chi connectivity index (χ1n) is 6.98. The molecule has 1 aromatic heterocycles. The Morgan fingerprint density at radius 1 is 1.05 bits per heavy atom. The fourth-order valence-corrected chi connectivity index (χ4v) is 2.55. The molecule has 0 saturated carbocycles. The summed E-state index contributed by atoms with van der Waals surface area (Å²) in [6, 6.07) is 10.8. The summed E-state index contributed by atoms with van der Waals surface area (Å²) in [6.07, 6.45) is 3.25. The number of carbonyl (C=O) groups is 1. The highest BCUT2D eigenvalue weighted by Gasteiger charge is 2.23. The molecule has 1 aromatic carbocycles. The topological polar surface area (TPSA) is 56.7 Å². The molecule has 3 rings (SSSR count). The zero-order valence-electron chi connectivity index (χ0n) is 11.6. The number of aromatic hydroxyl groups is 1. The van der Waals surface area contributed by atoms with Gasteiger partial charge in [0, 0.05) is 38.6 Å². The number of benzene rings is 1. The maximum atomic E-state index is 12.3. The Bertz CT molecular complexity index is 622. The van der Waals surface area contributed by atoms with Crippen LogP contribution in [0.5, 0.6) is 5.75 Å². The smallest absolute Gasteiger partial charge is 0.255 e. The molecule has 0 bridgehead atoms. The number of pyridine rings is 1. The van der Waals surface area contributed by atoms with Gasteiger partial charge >= 0.3 is 0 Å². The number of amides is 1. The van der Waals surface area contributed by atoms with Crippen LogP contribution >= 0.6 is 0 Å². The Hall–Kier alpha value is -2.56. The Morgan fingerprint density at radius 2 is 1.81 bits per heavy atom. The molecule has 0 aliphatic carbocycles. The van der Waals surface area contributed by atoms with Gasteiger partial charge in [0.25, 0.3) is 5.91 Å². The minimum atomic E-state index is 0.0139. The third-order valence-corrected chi connectivity index (χ3v) is 3.70. The Morgan fingerprint density at radius 3 is 2.48 bits per heavy atom. The predicted octanol–water partition coefficient (Wildman–Crippen LogP) is 1.75. The number of para-hydroxylation sites is 2.